The SMILES string of the molecule is CC1(C)c2ccccc2-c2ccc(-c3ccc4sc5nc(-c6cccc(-c7ccc8c9ccccc9c9ccccc9c8c7)c6)nc(-c6ccccc6)c5c4c3)cc21. The van der Waals surface area contributed by atoms with Gasteiger partial charge in [0.25, 0.3) is 0 Å². The van der Waals surface area contributed by atoms with Crippen molar-refractivity contribution in [2.24, 2.45) is 0 Å². The lowest BCUT2D eigenvalue weighted by Gasteiger charge is -2.22. The van der Waals surface area contributed by atoms with Crippen LogP contribution in [0, 0.1) is 0 Å². The Hall–Kier alpha value is -6.94. The predicted molar refractivity (Wildman–Crippen MR) is 247 cm³/mol. The van der Waals surface area contributed by atoms with E-state index >= 15 is 0 Å². The van der Waals surface area contributed by atoms with Gasteiger partial charge in [-0.1, -0.05) is 166 Å². The van der Waals surface area contributed by atoms with Crippen molar-refractivity contribution >= 4 is 64.0 Å². The third kappa shape index (κ3) is 4.97. The molecule has 1 aliphatic carbocycles. The number of rotatable bonds is 4. The highest BCUT2D eigenvalue weighted by molar-refractivity contribution is 7.25. The molecule has 0 saturated heterocycles. The monoisotopic (exact) mass is 756 g/mol. The molecule has 0 unspecified atom stereocenters. The summed E-state index contributed by atoms with van der Waals surface area (Å²) in [6, 6.07) is 66.5. The van der Waals surface area contributed by atoms with Gasteiger partial charge in [0, 0.05) is 32.0 Å². The molecule has 2 nitrogen and oxygen atoms in total. The van der Waals surface area contributed by atoms with Crippen molar-refractivity contribution < 1.29 is 0 Å². The van der Waals surface area contributed by atoms with Crippen LogP contribution in [0.2, 0.25) is 0 Å². The van der Waals surface area contributed by atoms with E-state index < -0.39 is 0 Å². The van der Waals surface area contributed by atoms with Crippen LogP contribution in [-0.4, -0.2) is 9.97 Å². The van der Waals surface area contributed by atoms with Gasteiger partial charge in [0.2, 0.25) is 0 Å². The highest BCUT2D eigenvalue weighted by atomic mass is 32.1. The molecule has 0 amide bonds. The lowest BCUT2D eigenvalue weighted by molar-refractivity contribution is 0.660. The smallest absolute Gasteiger partial charge is 0.161 e. The average Bonchev–Trinajstić information content (AvgIpc) is 3.77. The minimum Gasteiger partial charge on any atom is -0.227 e. The van der Waals surface area contributed by atoms with Crippen LogP contribution in [0.25, 0.3) is 109 Å². The number of hydrogen-bond donors (Lipinski definition) is 0. The molecule has 9 aromatic carbocycles. The highest BCUT2D eigenvalue weighted by Crippen LogP contribution is 2.50. The summed E-state index contributed by atoms with van der Waals surface area (Å²) in [5.41, 5.74) is 13.2. The molecule has 11 aromatic rings. The summed E-state index contributed by atoms with van der Waals surface area (Å²) in [4.78, 5) is 11.7. The van der Waals surface area contributed by atoms with Crippen LogP contribution in [0.15, 0.2) is 182 Å². The summed E-state index contributed by atoms with van der Waals surface area (Å²) in [6.07, 6.45) is 0. The molecular weight excluding hydrogens is 721 g/mol. The van der Waals surface area contributed by atoms with Crippen molar-refractivity contribution in [3.05, 3.63) is 193 Å². The summed E-state index contributed by atoms with van der Waals surface area (Å²) >= 11 is 1.75. The van der Waals surface area contributed by atoms with Crippen LogP contribution < -0.4 is 0 Å². The standard InChI is InChI=1S/C55H36N2S/c1-55(2)48-22-11-10-21-44(48)45-27-24-37(32-49(45)55)36-25-28-50-47(31-36)51-52(33-13-4-3-5-14-33)56-53(57-54(51)58-50)38-16-12-15-34(29-38)35-23-26-43-41-19-7-6-17-39(41)40-18-8-9-20-42(40)46(43)30-35/h3-32H,1-2H3. The molecule has 0 spiro atoms. The molecule has 2 aromatic heterocycles. The Kier molecular flexibility index (Phi) is 7.18. The third-order valence-electron chi connectivity index (χ3n) is 12.5. The number of aromatic nitrogens is 2. The molecule has 0 N–H and O–H groups in total. The molecule has 0 atom stereocenters. The van der Waals surface area contributed by atoms with Gasteiger partial charge >= 0.3 is 0 Å². The molecule has 58 heavy (non-hydrogen) atoms. The van der Waals surface area contributed by atoms with Gasteiger partial charge in [-0.2, -0.15) is 0 Å². The lowest BCUT2D eigenvalue weighted by Crippen LogP contribution is -2.14. The molecule has 0 radical (unpaired) electrons. The summed E-state index contributed by atoms with van der Waals surface area (Å²) in [5, 5.41) is 9.96. The predicted octanol–water partition coefficient (Wildman–Crippen LogP) is 15.3. The van der Waals surface area contributed by atoms with Crippen molar-refractivity contribution in [1.29, 1.82) is 0 Å². The van der Waals surface area contributed by atoms with Gasteiger partial charge in [0.15, 0.2) is 5.82 Å². The van der Waals surface area contributed by atoms with E-state index in [0.717, 1.165) is 38.4 Å². The molecule has 272 valence electrons. The number of fused-ring (bicyclic) bond motifs is 12. The molecule has 0 aliphatic heterocycles. The van der Waals surface area contributed by atoms with Gasteiger partial charge in [0.05, 0.1) is 5.69 Å². The second kappa shape index (κ2) is 12.5. The Labute approximate surface area is 340 Å². The zero-order valence-electron chi connectivity index (χ0n) is 32.1. The Morgan fingerprint density at radius 1 is 0.379 bits per heavy atom. The van der Waals surface area contributed by atoms with Gasteiger partial charge in [-0.25, -0.2) is 9.97 Å². The van der Waals surface area contributed by atoms with Gasteiger partial charge in [-0.05, 0) is 107 Å². The first-order chi connectivity index (χ1) is 28.5. The Balaban J connectivity index is 0.995. The van der Waals surface area contributed by atoms with E-state index in [1.165, 1.54) is 81.3 Å². The van der Waals surface area contributed by atoms with Crippen LogP contribution in [0.1, 0.15) is 25.0 Å². The fourth-order valence-corrected chi connectivity index (χ4v) is 10.7. The second-order valence-electron chi connectivity index (χ2n) is 16.1. The molecule has 0 fully saturated rings. The van der Waals surface area contributed by atoms with Crippen LogP contribution >= 0.6 is 11.3 Å². The maximum absolute atomic E-state index is 5.41. The molecular formula is C55H36N2S. The maximum atomic E-state index is 5.41. The van der Waals surface area contributed by atoms with E-state index in [2.05, 4.69) is 196 Å². The van der Waals surface area contributed by atoms with Gasteiger partial charge in [-0.3, -0.25) is 0 Å². The van der Waals surface area contributed by atoms with Crippen LogP contribution in [-0.2, 0) is 5.41 Å². The van der Waals surface area contributed by atoms with Crippen LogP contribution in [0.5, 0.6) is 0 Å². The minimum atomic E-state index is -0.0549. The summed E-state index contributed by atoms with van der Waals surface area (Å²) < 4.78 is 1.21. The molecule has 0 bridgehead atoms. The van der Waals surface area contributed by atoms with Crippen molar-refractivity contribution in [1.82, 2.24) is 9.97 Å². The first-order valence-corrected chi connectivity index (χ1v) is 20.8. The molecule has 2 heterocycles. The van der Waals surface area contributed by atoms with E-state index in [4.69, 9.17) is 9.97 Å². The first-order valence-electron chi connectivity index (χ1n) is 20.0. The summed E-state index contributed by atoms with van der Waals surface area (Å²) in [5.74, 6) is 0.734. The minimum absolute atomic E-state index is 0.0549. The van der Waals surface area contributed by atoms with E-state index in [1.54, 1.807) is 11.3 Å². The zero-order chi connectivity index (χ0) is 38.5. The van der Waals surface area contributed by atoms with Crippen molar-refractivity contribution in [2.75, 3.05) is 0 Å². The number of nitrogens with zero attached hydrogens (tertiary/aromatic N) is 2. The Morgan fingerprint density at radius 2 is 0.931 bits per heavy atom. The Morgan fingerprint density at radius 3 is 1.71 bits per heavy atom. The molecule has 0 saturated carbocycles. The second-order valence-corrected chi connectivity index (χ2v) is 17.1. The molecule has 1 aliphatic rings. The van der Waals surface area contributed by atoms with Crippen molar-refractivity contribution in [3.63, 3.8) is 0 Å². The van der Waals surface area contributed by atoms with Crippen LogP contribution in [0.4, 0.5) is 0 Å². The van der Waals surface area contributed by atoms with E-state index in [9.17, 15) is 0 Å². The number of benzene rings is 9. The zero-order valence-corrected chi connectivity index (χ0v) is 32.9. The number of hydrogen-bond acceptors (Lipinski definition) is 3. The first kappa shape index (κ1) is 33.2. The lowest BCUT2D eigenvalue weighted by atomic mass is 9.81. The normalized spacial score (nSPS) is 13.1. The molecule has 12 rings (SSSR count). The summed E-state index contributed by atoms with van der Waals surface area (Å²) in [6.45, 7) is 4.69. The van der Waals surface area contributed by atoms with E-state index in [0.29, 0.717) is 0 Å². The van der Waals surface area contributed by atoms with E-state index in [-0.39, 0.29) is 5.41 Å². The third-order valence-corrected chi connectivity index (χ3v) is 13.6. The van der Waals surface area contributed by atoms with Crippen LogP contribution in [0.3, 0.4) is 0 Å². The quantitative estimate of drug-likeness (QED) is 0.167. The highest BCUT2D eigenvalue weighted by Gasteiger charge is 2.35. The van der Waals surface area contributed by atoms with Gasteiger partial charge in [0.1, 0.15) is 4.83 Å². The number of thiophene rings is 1. The van der Waals surface area contributed by atoms with Crippen molar-refractivity contribution in [2.45, 2.75) is 19.3 Å². The summed E-state index contributed by atoms with van der Waals surface area (Å²) in [7, 11) is 0. The molecule has 3 heteroatoms. The maximum Gasteiger partial charge on any atom is 0.161 e. The van der Waals surface area contributed by atoms with Gasteiger partial charge < -0.3 is 0 Å². The fourth-order valence-electron chi connectivity index (χ4n) is 9.60. The largest absolute Gasteiger partial charge is 0.227 e. The van der Waals surface area contributed by atoms with Crippen molar-refractivity contribution in [3.8, 4) is 56.0 Å². The topological polar surface area (TPSA) is 25.8 Å². The van der Waals surface area contributed by atoms with E-state index in [1.807, 2.05) is 0 Å². The van der Waals surface area contributed by atoms with Gasteiger partial charge in [-0.15, -0.1) is 11.3 Å². The average molecular weight is 757 g/mol. The fraction of sp³-hybridized carbons (Fsp3) is 0.0545. The Bertz CT molecular complexity index is 3450.